The molecule has 0 heterocycles. The Bertz CT molecular complexity index is 312. The van der Waals surface area contributed by atoms with E-state index in [1.807, 2.05) is 0 Å². The summed E-state index contributed by atoms with van der Waals surface area (Å²) in [5.74, 6) is 0.849. The van der Waals surface area contributed by atoms with Gasteiger partial charge in [0.2, 0.25) is 0 Å². The second kappa shape index (κ2) is 16.3. The minimum atomic E-state index is -3.45. The maximum absolute atomic E-state index is 13.0. The van der Waals surface area contributed by atoms with Crippen molar-refractivity contribution in [1.29, 1.82) is 0 Å². The molecule has 0 aromatic heterocycles. The molecular weight excluding hydrogens is 335 g/mol. The van der Waals surface area contributed by atoms with E-state index in [1.54, 1.807) is 0 Å². The smallest absolute Gasteiger partial charge is 0.287 e. The summed E-state index contributed by atoms with van der Waals surface area (Å²) in [6.45, 7) is 12.2. The summed E-state index contributed by atoms with van der Waals surface area (Å²) in [5, 5.41) is 0. The van der Waals surface area contributed by atoms with Crippen LogP contribution in [-0.2, 0) is 18.1 Å². The predicted octanol–water partition coefficient (Wildman–Crippen LogP) is 7.38. The molecule has 0 bridgehead atoms. The van der Waals surface area contributed by atoms with E-state index in [2.05, 4.69) is 34.6 Å². The summed E-state index contributed by atoms with van der Waals surface area (Å²) < 4.78 is 30.1. The molecule has 0 aromatic carbocycles. The molecule has 0 rings (SSSR count). The van der Waals surface area contributed by atoms with E-state index in [0.717, 1.165) is 38.5 Å². The summed E-state index contributed by atoms with van der Waals surface area (Å²) in [6.07, 6.45) is 10.9. The second-order valence-electron chi connectivity index (χ2n) is 7.06. The van der Waals surface area contributed by atoms with Crippen molar-refractivity contribution in [3.05, 3.63) is 0 Å². The molecule has 0 saturated heterocycles. The van der Waals surface area contributed by atoms with Gasteiger partial charge in [-0.25, -0.2) is 4.57 Å². The Kier molecular flexibility index (Phi) is 16.4. The minimum Gasteiger partial charge on any atom is -0.287 e. The number of phosphoric ester groups is 1. The molecule has 4 nitrogen and oxygen atoms in total. The largest absolute Gasteiger partial charge is 0.474 e. The molecule has 0 aliphatic heterocycles. The number of hydrogen-bond donors (Lipinski definition) is 0. The molecule has 0 aliphatic rings. The Morgan fingerprint density at radius 3 is 1.48 bits per heavy atom. The van der Waals surface area contributed by atoms with Crippen molar-refractivity contribution in [3.8, 4) is 0 Å². The van der Waals surface area contributed by atoms with E-state index in [-0.39, 0.29) is 0 Å². The fourth-order valence-electron chi connectivity index (χ4n) is 2.62. The fraction of sp³-hybridized carbons (Fsp3) is 1.00. The van der Waals surface area contributed by atoms with E-state index >= 15 is 0 Å². The third-order valence-corrected chi connectivity index (χ3v) is 6.20. The lowest BCUT2D eigenvalue weighted by atomic mass is 10.0. The Hall–Kier alpha value is 0.110. The quantitative estimate of drug-likeness (QED) is 0.184. The van der Waals surface area contributed by atoms with Crippen LogP contribution in [0.1, 0.15) is 98.8 Å². The first kappa shape index (κ1) is 25.1. The average molecular weight is 379 g/mol. The number of hydrogen-bond acceptors (Lipinski definition) is 4. The van der Waals surface area contributed by atoms with Crippen LogP contribution in [0.15, 0.2) is 0 Å². The Morgan fingerprint density at radius 1 is 0.680 bits per heavy atom. The molecule has 0 fully saturated rings. The van der Waals surface area contributed by atoms with Crippen LogP contribution in [0.3, 0.4) is 0 Å². The topological polar surface area (TPSA) is 44.8 Å². The molecule has 0 spiro atoms. The van der Waals surface area contributed by atoms with Crippen molar-refractivity contribution >= 4 is 7.82 Å². The zero-order valence-electron chi connectivity index (χ0n) is 17.4. The molecule has 5 heteroatoms. The van der Waals surface area contributed by atoms with Crippen molar-refractivity contribution in [2.24, 2.45) is 11.8 Å². The van der Waals surface area contributed by atoms with Crippen molar-refractivity contribution < 1.29 is 18.1 Å². The van der Waals surface area contributed by atoms with Crippen LogP contribution in [0.4, 0.5) is 0 Å². The van der Waals surface area contributed by atoms with Gasteiger partial charge in [0.05, 0.1) is 19.8 Å². The summed E-state index contributed by atoms with van der Waals surface area (Å²) in [6, 6.07) is 0. The molecule has 0 saturated carbocycles. The first-order valence-corrected chi connectivity index (χ1v) is 12.0. The molecule has 0 amide bonds. The molecule has 2 atom stereocenters. The summed E-state index contributed by atoms with van der Waals surface area (Å²) in [5.41, 5.74) is 0. The van der Waals surface area contributed by atoms with Crippen molar-refractivity contribution in [3.63, 3.8) is 0 Å². The van der Waals surface area contributed by atoms with Crippen LogP contribution in [0.25, 0.3) is 0 Å². The fourth-order valence-corrected chi connectivity index (χ4v) is 3.99. The van der Waals surface area contributed by atoms with Gasteiger partial charge in [-0.15, -0.1) is 0 Å². The maximum Gasteiger partial charge on any atom is 0.474 e. The van der Waals surface area contributed by atoms with Gasteiger partial charge in [0.25, 0.3) is 0 Å². The van der Waals surface area contributed by atoms with E-state index in [0.29, 0.717) is 31.7 Å². The highest BCUT2D eigenvalue weighted by Gasteiger charge is 2.29. The predicted molar refractivity (Wildman–Crippen MR) is 107 cm³/mol. The minimum absolute atomic E-state index is 0.425. The zero-order chi connectivity index (χ0) is 19.0. The van der Waals surface area contributed by atoms with Crippen LogP contribution in [0.5, 0.6) is 0 Å². The van der Waals surface area contributed by atoms with Gasteiger partial charge in [-0.3, -0.25) is 13.6 Å². The van der Waals surface area contributed by atoms with Gasteiger partial charge in [0.1, 0.15) is 0 Å². The van der Waals surface area contributed by atoms with Gasteiger partial charge in [0, 0.05) is 0 Å². The van der Waals surface area contributed by atoms with Crippen LogP contribution in [0.2, 0.25) is 0 Å². The van der Waals surface area contributed by atoms with Gasteiger partial charge in [-0.05, 0) is 31.1 Å². The third-order valence-electron chi connectivity index (χ3n) is 4.77. The van der Waals surface area contributed by atoms with E-state index < -0.39 is 7.82 Å². The molecule has 0 aliphatic carbocycles. The summed E-state index contributed by atoms with van der Waals surface area (Å²) in [7, 11) is -3.45. The lowest BCUT2D eigenvalue weighted by Gasteiger charge is -2.23. The molecular formula is C20H43O4P. The molecule has 0 aromatic rings. The monoisotopic (exact) mass is 378 g/mol. The first-order chi connectivity index (χ1) is 12.0. The van der Waals surface area contributed by atoms with Crippen LogP contribution < -0.4 is 0 Å². The lowest BCUT2D eigenvalue weighted by Crippen LogP contribution is -2.13. The van der Waals surface area contributed by atoms with Crippen LogP contribution >= 0.6 is 7.82 Å². The molecule has 0 N–H and O–H groups in total. The second-order valence-corrected chi connectivity index (χ2v) is 8.73. The molecule has 0 radical (unpaired) electrons. The number of phosphoric acid groups is 1. The summed E-state index contributed by atoms with van der Waals surface area (Å²) in [4.78, 5) is 0. The van der Waals surface area contributed by atoms with Gasteiger partial charge in [-0.1, -0.05) is 79.6 Å². The van der Waals surface area contributed by atoms with Crippen LogP contribution in [-0.4, -0.2) is 19.8 Å². The van der Waals surface area contributed by atoms with Gasteiger partial charge < -0.3 is 0 Å². The van der Waals surface area contributed by atoms with Gasteiger partial charge >= 0.3 is 7.82 Å². The SMILES string of the molecule is CCCCOP(=O)(OCC(CC)CCCC)OCC(CC)CCCC. The van der Waals surface area contributed by atoms with Crippen LogP contribution in [0, 0.1) is 11.8 Å². The summed E-state index contributed by atoms with van der Waals surface area (Å²) >= 11 is 0. The Morgan fingerprint density at radius 2 is 1.12 bits per heavy atom. The van der Waals surface area contributed by atoms with E-state index in [1.165, 1.54) is 25.7 Å². The molecule has 2 unspecified atom stereocenters. The van der Waals surface area contributed by atoms with Gasteiger partial charge in [-0.2, -0.15) is 0 Å². The molecule has 25 heavy (non-hydrogen) atoms. The average Bonchev–Trinajstić information content (AvgIpc) is 2.62. The highest BCUT2D eigenvalue weighted by molar-refractivity contribution is 7.48. The maximum atomic E-state index is 13.0. The molecule has 152 valence electrons. The Labute approximate surface area is 157 Å². The van der Waals surface area contributed by atoms with E-state index in [4.69, 9.17) is 13.6 Å². The van der Waals surface area contributed by atoms with E-state index in [9.17, 15) is 4.57 Å². The Balaban J connectivity index is 4.60. The normalized spacial score (nSPS) is 16.5. The zero-order valence-corrected chi connectivity index (χ0v) is 18.3. The lowest BCUT2D eigenvalue weighted by molar-refractivity contribution is 0.0835. The van der Waals surface area contributed by atoms with Crippen molar-refractivity contribution in [1.82, 2.24) is 0 Å². The highest BCUT2D eigenvalue weighted by atomic mass is 31.2. The standard InChI is InChI=1S/C20H43O4P/c1-6-11-14-19(9-4)17-23-25(21,22-16-13-8-3)24-18-20(10-5)15-12-7-2/h19-20H,6-18H2,1-5H3. The van der Waals surface area contributed by atoms with Gasteiger partial charge in [0.15, 0.2) is 0 Å². The third kappa shape index (κ3) is 13.0. The van der Waals surface area contributed by atoms with Crippen molar-refractivity contribution in [2.45, 2.75) is 98.8 Å². The number of unbranched alkanes of at least 4 members (excludes halogenated alkanes) is 3. The number of rotatable bonds is 18. The van der Waals surface area contributed by atoms with Crippen molar-refractivity contribution in [2.75, 3.05) is 19.8 Å². The first-order valence-electron chi connectivity index (χ1n) is 10.6. The highest BCUT2D eigenvalue weighted by Crippen LogP contribution is 2.50.